The number of carbonyl (C=O) groups excluding carboxylic acids is 1. The van der Waals surface area contributed by atoms with E-state index in [9.17, 15) is 4.79 Å². The molecule has 1 aromatic carbocycles. The summed E-state index contributed by atoms with van der Waals surface area (Å²) in [7, 11) is 2.13. The largest absolute Gasteiger partial charge is 0.490 e. The molecule has 1 aromatic heterocycles. The van der Waals surface area contributed by atoms with E-state index in [0.717, 1.165) is 31.7 Å². The highest BCUT2D eigenvalue weighted by Crippen LogP contribution is 2.21. The Bertz CT molecular complexity index is 658. The van der Waals surface area contributed by atoms with Crippen LogP contribution in [0.4, 0.5) is 5.69 Å². The Morgan fingerprint density at radius 2 is 2.00 bits per heavy atom. The lowest BCUT2D eigenvalue weighted by Crippen LogP contribution is -2.35. The van der Waals surface area contributed by atoms with Gasteiger partial charge in [-0.1, -0.05) is 0 Å². The average Bonchev–Trinajstić information content (AvgIpc) is 2.98. The fourth-order valence-corrected chi connectivity index (χ4v) is 2.63. The third-order valence-electron chi connectivity index (χ3n) is 4.04. The van der Waals surface area contributed by atoms with E-state index in [4.69, 9.17) is 9.15 Å². The van der Waals surface area contributed by atoms with Gasteiger partial charge in [-0.15, -0.1) is 0 Å². The molecule has 0 unspecified atom stereocenters. The number of rotatable bonds is 4. The van der Waals surface area contributed by atoms with Crippen LogP contribution in [0.5, 0.6) is 5.75 Å². The first-order chi connectivity index (χ1) is 11.1. The van der Waals surface area contributed by atoms with E-state index < -0.39 is 0 Å². The van der Waals surface area contributed by atoms with Crippen LogP contribution in [0.15, 0.2) is 35.1 Å². The Kier molecular flexibility index (Phi) is 4.62. The van der Waals surface area contributed by atoms with E-state index in [-0.39, 0.29) is 12.0 Å². The van der Waals surface area contributed by atoms with Crippen LogP contribution in [-0.2, 0) is 0 Å². The molecule has 6 heteroatoms. The van der Waals surface area contributed by atoms with Crippen molar-refractivity contribution in [1.29, 1.82) is 0 Å². The maximum absolute atomic E-state index is 12.1. The minimum absolute atomic E-state index is 0.268. The first-order valence-corrected chi connectivity index (χ1v) is 7.78. The molecule has 1 aliphatic rings. The van der Waals surface area contributed by atoms with Crippen LogP contribution >= 0.6 is 0 Å². The lowest BCUT2D eigenvalue weighted by molar-refractivity contribution is 0.102. The van der Waals surface area contributed by atoms with E-state index >= 15 is 0 Å². The summed E-state index contributed by atoms with van der Waals surface area (Å²) in [4.78, 5) is 18.3. The minimum atomic E-state index is -0.278. The number of hydrogen-bond acceptors (Lipinski definition) is 5. The zero-order valence-corrected chi connectivity index (χ0v) is 13.4. The van der Waals surface area contributed by atoms with Crippen molar-refractivity contribution in [2.45, 2.75) is 25.9 Å². The molecule has 0 aliphatic carbocycles. The zero-order chi connectivity index (χ0) is 16.2. The highest BCUT2D eigenvalue weighted by atomic mass is 16.5. The highest BCUT2D eigenvalue weighted by Gasteiger charge is 2.18. The zero-order valence-electron chi connectivity index (χ0n) is 13.4. The van der Waals surface area contributed by atoms with Gasteiger partial charge in [-0.3, -0.25) is 4.79 Å². The summed E-state index contributed by atoms with van der Waals surface area (Å²) < 4.78 is 11.0. The molecule has 0 radical (unpaired) electrons. The Morgan fingerprint density at radius 3 is 2.61 bits per heavy atom. The highest BCUT2D eigenvalue weighted by molar-refractivity contribution is 6.03. The lowest BCUT2D eigenvalue weighted by atomic mass is 10.1. The number of carbonyl (C=O) groups is 1. The third-order valence-corrected chi connectivity index (χ3v) is 4.04. The molecule has 1 fully saturated rings. The van der Waals surface area contributed by atoms with Gasteiger partial charge < -0.3 is 19.4 Å². The van der Waals surface area contributed by atoms with E-state index in [1.807, 2.05) is 24.3 Å². The maximum Gasteiger partial charge on any atom is 0.277 e. The van der Waals surface area contributed by atoms with Crippen LogP contribution in [0, 0.1) is 6.92 Å². The van der Waals surface area contributed by atoms with Crippen LogP contribution in [-0.4, -0.2) is 42.0 Å². The number of aromatic nitrogens is 1. The van der Waals surface area contributed by atoms with Gasteiger partial charge in [0.15, 0.2) is 12.1 Å². The predicted molar refractivity (Wildman–Crippen MR) is 86.8 cm³/mol. The van der Waals surface area contributed by atoms with Crippen molar-refractivity contribution in [3.8, 4) is 5.75 Å². The minimum Gasteiger partial charge on any atom is -0.490 e. The number of benzene rings is 1. The van der Waals surface area contributed by atoms with Gasteiger partial charge in [-0.25, -0.2) is 4.98 Å². The molecule has 23 heavy (non-hydrogen) atoms. The number of nitrogens with one attached hydrogen (secondary N) is 1. The number of anilines is 1. The van der Waals surface area contributed by atoms with Gasteiger partial charge in [-0.2, -0.15) is 0 Å². The van der Waals surface area contributed by atoms with Crippen molar-refractivity contribution in [3.05, 3.63) is 42.1 Å². The van der Waals surface area contributed by atoms with E-state index in [0.29, 0.717) is 17.1 Å². The summed E-state index contributed by atoms with van der Waals surface area (Å²) in [6.07, 6.45) is 3.62. The van der Waals surface area contributed by atoms with Crippen molar-refractivity contribution in [2.24, 2.45) is 0 Å². The molecule has 2 heterocycles. The molecule has 0 atom stereocenters. The summed E-state index contributed by atoms with van der Waals surface area (Å²) in [5, 5.41) is 2.80. The van der Waals surface area contributed by atoms with E-state index in [2.05, 4.69) is 22.2 Å². The molecular weight excluding hydrogens is 294 g/mol. The molecule has 0 bridgehead atoms. The normalized spacial score (nSPS) is 16.3. The predicted octanol–water partition coefficient (Wildman–Crippen LogP) is 2.71. The number of likely N-dealkylation sites (tertiary alicyclic amines) is 1. The number of amides is 1. The van der Waals surface area contributed by atoms with Gasteiger partial charge >= 0.3 is 0 Å². The van der Waals surface area contributed by atoms with E-state index in [1.54, 1.807) is 6.92 Å². The van der Waals surface area contributed by atoms with Crippen molar-refractivity contribution in [3.63, 3.8) is 0 Å². The molecule has 0 saturated carbocycles. The van der Waals surface area contributed by atoms with Crippen LogP contribution in [0.3, 0.4) is 0 Å². The van der Waals surface area contributed by atoms with Gasteiger partial charge in [0.25, 0.3) is 5.91 Å². The molecule has 1 saturated heterocycles. The molecule has 122 valence electrons. The monoisotopic (exact) mass is 315 g/mol. The molecule has 3 rings (SSSR count). The second-order valence-corrected chi connectivity index (χ2v) is 5.86. The summed E-state index contributed by atoms with van der Waals surface area (Å²) in [6.45, 7) is 3.84. The number of piperidine rings is 1. The number of ether oxygens (including phenoxy) is 1. The molecule has 1 N–H and O–H groups in total. The molecule has 1 aliphatic heterocycles. The van der Waals surface area contributed by atoms with Crippen molar-refractivity contribution in [1.82, 2.24) is 9.88 Å². The summed E-state index contributed by atoms with van der Waals surface area (Å²) >= 11 is 0. The molecular formula is C17H21N3O3. The fraction of sp³-hybridized carbons (Fsp3) is 0.412. The van der Waals surface area contributed by atoms with Crippen LogP contribution in [0.2, 0.25) is 0 Å². The number of oxazole rings is 1. The first kappa shape index (κ1) is 15.6. The van der Waals surface area contributed by atoms with Gasteiger partial charge in [-0.05, 0) is 51.1 Å². The maximum atomic E-state index is 12.1. The van der Waals surface area contributed by atoms with Gasteiger partial charge in [0.2, 0.25) is 0 Å². The molecule has 2 aromatic rings. The number of aryl methyl sites for hydroxylation is 1. The molecule has 0 spiro atoms. The van der Waals surface area contributed by atoms with Gasteiger partial charge in [0.05, 0.1) is 0 Å². The second-order valence-electron chi connectivity index (χ2n) is 5.86. The van der Waals surface area contributed by atoms with Crippen molar-refractivity contribution in [2.75, 3.05) is 25.5 Å². The first-order valence-electron chi connectivity index (χ1n) is 7.78. The summed E-state index contributed by atoms with van der Waals surface area (Å²) in [5.74, 6) is 1.06. The quantitative estimate of drug-likeness (QED) is 0.939. The van der Waals surface area contributed by atoms with E-state index in [1.165, 1.54) is 6.39 Å². The Morgan fingerprint density at radius 1 is 1.30 bits per heavy atom. The number of nitrogens with zero attached hydrogens (tertiary/aromatic N) is 2. The van der Waals surface area contributed by atoms with Crippen LogP contribution in [0.1, 0.15) is 29.1 Å². The fourth-order valence-electron chi connectivity index (χ4n) is 2.63. The molecule has 6 nitrogen and oxygen atoms in total. The third kappa shape index (κ3) is 3.90. The number of hydrogen-bond donors (Lipinski definition) is 1. The Hall–Kier alpha value is -2.34. The van der Waals surface area contributed by atoms with Crippen molar-refractivity contribution >= 4 is 11.6 Å². The van der Waals surface area contributed by atoms with Gasteiger partial charge in [0.1, 0.15) is 17.6 Å². The molecule has 1 amide bonds. The van der Waals surface area contributed by atoms with Crippen LogP contribution < -0.4 is 10.1 Å². The topological polar surface area (TPSA) is 67.6 Å². The SMILES string of the molecule is Cc1ocnc1C(=O)Nc1ccc(OC2CCN(C)CC2)cc1. The standard InChI is InChI=1S/C17H21N3O3/c1-12-16(18-11-22-12)17(21)19-13-3-5-14(6-4-13)23-15-7-9-20(2)10-8-15/h3-6,11,15H,7-10H2,1-2H3,(H,19,21). The van der Waals surface area contributed by atoms with Crippen LogP contribution in [0.25, 0.3) is 0 Å². The Labute approximate surface area is 135 Å². The van der Waals surface area contributed by atoms with Gasteiger partial charge in [0, 0.05) is 18.8 Å². The summed E-state index contributed by atoms with van der Waals surface area (Å²) in [5.41, 5.74) is 1.00. The smallest absolute Gasteiger partial charge is 0.277 e. The summed E-state index contributed by atoms with van der Waals surface area (Å²) in [6, 6.07) is 7.42. The van der Waals surface area contributed by atoms with Crippen molar-refractivity contribution < 1.29 is 13.9 Å². The second kappa shape index (κ2) is 6.83. The Balaban J connectivity index is 1.57. The lowest BCUT2D eigenvalue weighted by Gasteiger charge is -2.29. The average molecular weight is 315 g/mol.